The van der Waals surface area contributed by atoms with Crippen LogP contribution in [0.1, 0.15) is 22.9 Å². The molecule has 13 aromatic rings. The number of rotatable bonds is 8. The van der Waals surface area contributed by atoms with E-state index in [1.165, 1.54) is 38.2 Å². The minimum absolute atomic E-state index is 0.477. The van der Waals surface area contributed by atoms with Crippen molar-refractivity contribution in [2.24, 2.45) is 9.98 Å². The SMILES string of the molecule is c1ccc(-c2ccc(C3=NC(c4ccc(-n5c6cc7ccccc7cc6c6c(-c7ccccc7)cccc65)c(-c5cccc6oc7ccccc7c56)c4)NC(c4ccc(-c5ccccc5)cc4)=N3)cc2)cc1. The van der Waals surface area contributed by atoms with Gasteiger partial charge >= 0.3 is 0 Å². The summed E-state index contributed by atoms with van der Waals surface area (Å²) in [6.07, 6.45) is -0.477. The molecule has 0 fully saturated rings. The Morgan fingerprint density at radius 1 is 0.375 bits per heavy atom. The van der Waals surface area contributed by atoms with E-state index >= 15 is 0 Å². The third-order valence-electron chi connectivity index (χ3n) is 14.3. The number of aliphatic imine (C=N–C) groups is 2. The molecule has 1 N–H and O–H groups in total. The van der Waals surface area contributed by atoms with Gasteiger partial charge in [-0.05, 0) is 97.7 Å². The monoisotopic (exact) mass is 920 g/mol. The first-order valence-electron chi connectivity index (χ1n) is 24.5. The molecule has 0 saturated heterocycles. The van der Waals surface area contributed by atoms with E-state index in [0.29, 0.717) is 5.84 Å². The molecule has 3 heterocycles. The van der Waals surface area contributed by atoms with Crippen LogP contribution in [0.15, 0.2) is 269 Å². The zero-order valence-electron chi connectivity index (χ0n) is 39.1. The van der Waals surface area contributed by atoms with Gasteiger partial charge in [-0.15, -0.1) is 0 Å². The number of nitrogens with one attached hydrogen (secondary N) is 1. The maximum Gasteiger partial charge on any atom is 0.159 e. The van der Waals surface area contributed by atoms with Crippen molar-refractivity contribution >= 4 is 66.2 Å². The molecule has 1 aliphatic heterocycles. The van der Waals surface area contributed by atoms with Gasteiger partial charge in [0.2, 0.25) is 0 Å². The second-order valence-corrected chi connectivity index (χ2v) is 18.5. The van der Waals surface area contributed by atoms with Crippen molar-refractivity contribution in [3.8, 4) is 50.2 Å². The molecule has 0 saturated carbocycles. The number of hydrogen-bond acceptors (Lipinski definition) is 4. The highest BCUT2D eigenvalue weighted by Gasteiger charge is 2.26. The van der Waals surface area contributed by atoms with Gasteiger partial charge in [-0.1, -0.05) is 212 Å². The van der Waals surface area contributed by atoms with Gasteiger partial charge in [0.1, 0.15) is 23.2 Å². The van der Waals surface area contributed by atoms with Crippen molar-refractivity contribution in [2.45, 2.75) is 6.17 Å². The summed E-state index contributed by atoms with van der Waals surface area (Å²) in [7, 11) is 0. The van der Waals surface area contributed by atoms with Gasteiger partial charge in [0, 0.05) is 38.2 Å². The molecule has 0 spiro atoms. The fourth-order valence-electron chi connectivity index (χ4n) is 10.8. The third-order valence-corrected chi connectivity index (χ3v) is 14.3. The molecular formula is C67H44N4O. The highest BCUT2D eigenvalue weighted by Crippen LogP contribution is 2.45. The lowest BCUT2D eigenvalue weighted by molar-refractivity contribution is 0.669. The van der Waals surface area contributed by atoms with Crippen LogP contribution in [0, 0.1) is 0 Å². The van der Waals surface area contributed by atoms with Gasteiger partial charge in [-0.25, -0.2) is 9.98 Å². The predicted molar refractivity (Wildman–Crippen MR) is 299 cm³/mol. The Morgan fingerprint density at radius 3 is 1.67 bits per heavy atom. The molecule has 5 nitrogen and oxygen atoms in total. The summed E-state index contributed by atoms with van der Waals surface area (Å²) in [5.74, 6) is 1.42. The van der Waals surface area contributed by atoms with Gasteiger partial charge in [-0.2, -0.15) is 0 Å². The molecule has 1 atom stereocenters. The van der Waals surface area contributed by atoms with E-state index in [1.807, 2.05) is 18.2 Å². The Bertz CT molecular complexity index is 4260. The minimum atomic E-state index is -0.477. The van der Waals surface area contributed by atoms with Gasteiger partial charge in [-0.3, -0.25) is 0 Å². The number of fused-ring (bicyclic) bond motifs is 7. The molecule has 5 heteroatoms. The zero-order valence-corrected chi connectivity index (χ0v) is 39.1. The van der Waals surface area contributed by atoms with Crippen LogP contribution in [0.25, 0.3) is 105 Å². The summed E-state index contributed by atoms with van der Waals surface area (Å²) in [6, 6.07) is 90.8. The molecule has 0 bridgehead atoms. The van der Waals surface area contributed by atoms with Crippen molar-refractivity contribution in [1.29, 1.82) is 0 Å². The maximum atomic E-state index is 6.59. The highest BCUT2D eigenvalue weighted by atomic mass is 16.3. The summed E-state index contributed by atoms with van der Waals surface area (Å²) in [5, 5.41) is 10.8. The average molecular weight is 921 g/mol. The first-order chi connectivity index (χ1) is 35.7. The fourth-order valence-corrected chi connectivity index (χ4v) is 10.8. The van der Waals surface area contributed by atoms with Gasteiger partial charge < -0.3 is 14.3 Å². The Balaban J connectivity index is 0.994. The predicted octanol–water partition coefficient (Wildman–Crippen LogP) is 17.0. The highest BCUT2D eigenvalue weighted by molar-refractivity contribution is 6.20. The Labute approximate surface area is 416 Å². The van der Waals surface area contributed by atoms with Crippen molar-refractivity contribution in [3.63, 3.8) is 0 Å². The number of nitrogens with zero attached hydrogens (tertiary/aromatic N) is 3. The van der Waals surface area contributed by atoms with Gasteiger partial charge in [0.25, 0.3) is 0 Å². The average Bonchev–Trinajstić information content (AvgIpc) is 4.01. The summed E-state index contributed by atoms with van der Waals surface area (Å²) in [6.45, 7) is 0. The van der Waals surface area contributed by atoms with Crippen LogP contribution in [0.2, 0.25) is 0 Å². The van der Waals surface area contributed by atoms with E-state index in [9.17, 15) is 0 Å². The van der Waals surface area contributed by atoms with E-state index in [0.717, 1.165) is 89.0 Å². The lowest BCUT2D eigenvalue weighted by Crippen LogP contribution is -2.33. The summed E-state index contributed by atoms with van der Waals surface area (Å²) >= 11 is 0. The second-order valence-electron chi connectivity index (χ2n) is 18.5. The second kappa shape index (κ2) is 17.1. The first-order valence-corrected chi connectivity index (χ1v) is 24.5. The lowest BCUT2D eigenvalue weighted by Gasteiger charge is -2.25. The van der Waals surface area contributed by atoms with Crippen molar-refractivity contribution < 1.29 is 4.42 Å². The van der Waals surface area contributed by atoms with Crippen LogP contribution in [0.5, 0.6) is 0 Å². The molecule has 72 heavy (non-hydrogen) atoms. The van der Waals surface area contributed by atoms with E-state index in [1.54, 1.807) is 0 Å². The zero-order chi connectivity index (χ0) is 47.5. The lowest BCUT2D eigenvalue weighted by atomic mass is 9.95. The van der Waals surface area contributed by atoms with Crippen LogP contribution < -0.4 is 5.32 Å². The van der Waals surface area contributed by atoms with E-state index in [-0.39, 0.29) is 0 Å². The van der Waals surface area contributed by atoms with Crippen molar-refractivity contribution in [2.75, 3.05) is 0 Å². The molecule has 0 aliphatic carbocycles. The van der Waals surface area contributed by atoms with Gasteiger partial charge in [0.05, 0.1) is 16.7 Å². The number of hydrogen-bond donors (Lipinski definition) is 1. The third kappa shape index (κ3) is 7.09. The Morgan fingerprint density at radius 2 is 0.944 bits per heavy atom. The first kappa shape index (κ1) is 41.4. The number of para-hydroxylation sites is 1. The number of furan rings is 1. The molecule has 1 unspecified atom stereocenters. The Kier molecular flexibility index (Phi) is 9.85. The van der Waals surface area contributed by atoms with Crippen LogP contribution in [-0.4, -0.2) is 16.2 Å². The molecule has 0 radical (unpaired) electrons. The summed E-state index contributed by atoms with van der Waals surface area (Å²) in [5.41, 5.74) is 17.1. The number of benzene rings is 11. The molecule has 11 aromatic carbocycles. The minimum Gasteiger partial charge on any atom is -0.456 e. The van der Waals surface area contributed by atoms with Gasteiger partial charge in [0.15, 0.2) is 5.84 Å². The molecule has 338 valence electrons. The standard InChI is InChI=1S/C67H44N4O/c1-4-16-43(17-5-1)45-30-34-48(35-31-45)65-68-66(49-36-32-46(33-37-49)44-18-6-2-7-19-44)70-67(69-65)52-38-39-58(56(41-52)54-26-15-29-62-64(54)55-24-12-13-28-61(55)72-62)71-59-27-14-25-53(47-20-8-3-9-21-47)63(59)57-40-50-22-10-11-23-51(50)42-60(57)71/h1-42,67H,(H,68,69,70). The van der Waals surface area contributed by atoms with E-state index < -0.39 is 6.17 Å². The largest absolute Gasteiger partial charge is 0.456 e. The topological polar surface area (TPSA) is 54.8 Å². The van der Waals surface area contributed by atoms with Crippen molar-refractivity contribution in [1.82, 2.24) is 9.88 Å². The molecule has 14 rings (SSSR count). The maximum absolute atomic E-state index is 6.59. The van der Waals surface area contributed by atoms with E-state index in [4.69, 9.17) is 14.4 Å². The van der Waals surface area contributed by atoms with Crippen LogP contribution >= 0.6 is 0 Å². The Hall–Kier alpha value is -9.58. The molecule has 0 amide bonds. The summed E-state index contributed by atoms with van der Waals surface area (Å²) in [4.78, 5) is 10.7. The smallest absolute Gasteiger partial charge is 0.159 e. The number of amidine groups is 2. The van der Waals surface area contributed by atoms with Crippen molar-refractivity contribution in [3.05, 3.63) is 271 Å². The fraction of sp³-hybridized carbons (Fsp3) is 0.0149. The number of aromatic nitrogens is 1. The van der Waals surface area contributed by atoms with Crippen LogP contribution in [-0.2, 0) is 0 Å². The van der Waals surface area contributed by atoms with E-state index in [2.05, 4.69) is 246 Å². The molecule has 2 aromatic heterocycles. The molecule has 1 aliphatic rings. The molecular weight excluding hydrogens is 877 g/mol. The quantitative estimate of drug-likeness (QED) is 0.165. The van der Waals surface area contributed by atoms with Crippen LogP contribution in [0.4, 0.5) is 0 Å². The summed E-state index contributed by atoms with van der Waals surface area (Å²) < 4.78 is 9.06. The van der Waals surface area contributed by atoms with Crippen LogP contribution in [0.3, 0.4) is 0 Å². The normalized spacial score (nSPS) is 13.7.